The second-order valence-electron chi connectivity index (χ2n) is 5.43. The first-order valence-electron chi connectivity index (χ1n) is 6.95. The van der Waals surface area contributed by atoms with Crippen LogP contribution >= 0.6 is 0 Å². The van der Waals surface area contributed by atoms with Crippen LogP contribution in [0.4, 0.5) is 0 Å². The zero-order chi connectivity index (χ0) is 12.8. The summed E-state index contributed by atoms with van der Waals surface area (Å²) in [6, 6.07) is 8.53. The van der Waals surface area contributed by atoms with E-state index in [0.717, 1.165) is 19.0 Å². The van der Waals surface area contributed by atoms with Crippen molar-refractivity contribution >= 4 is 0 Å². The highest BCUT2D eigenvalue weighted by Crippen LogP contribution is 2.14. The third kappa shape index (κ3) is 4.09. The highest BCUT2D eigenvalue weighted by atomic mass is 15.1. The van der Waals surface area contributed by atoms with Gasteiger partial charge in [0, 0.05) is 19.6 Å². The maximum absolute atomic E-state index is 5.65. The van der Waals surface area contributed by atoms with E-state index in [0.29, 0.717) is 6.54 Å². The Bertz CT molecular complexity index is 365. The first-order chi connectivity index (χ1) is 8.78. The van der Waals surface area contributed by atoms with Gasteiger partial charge in [0.1, 0.15) is 0 Å². The molecule has 0 bridgehead atoms. The molecule has 1 unspecified atom stereocenters. The molecule has 3 N–H and O–H groups in total. The van der Waals surface area contributed by atoms with Gasteiger partial charge >= 0.3 is 0 Å². The van der Waals surface area contributed by atoms with Crippen LogP contribution in [-0.4, -0.2) is 31.6 Å². The lowest BCUT2D eigenvalue weighted by atomic mass is 9.98. The molecule has 2 rings (SSSR count). The molecule has 1 aromatic rings. The van der Waals surface area contributed by atoms with Crippen molar-refractivity contribution < 1.29 is 0 Å². The molecule has 1 heterocycles. The minimum absolute atomic E-state index is 0.626. The van der Waals surface area contributed by atoms with Crippen LogP contribution in [0.25, 0.3) is 0 Å². The van der Waals surface area contributed by atoms with Crippen molar-refractivity contribution in [2.45, 2.75) is 25.9 Å². The normalized spacial score (nSPS) is 21.1. The number of hydrogen-bond acceptors (Lipinski definition) is 3. The molecule has 18 heavy (non-hydrogen) atoms. The van der Waals surface area contributed by atoms with Crippen LogP contribution in [0.1, 0.15) is 24.0 Å². The molecule has 3 heteroatoms. The number of likely N-dealkylation sites (tertiary alicyclic amines) is 1. The van der Waals surface area contributed by atoms with E-state index in [9.17, 15) is 0 Å². The molecule has 1 saturated heterocycles. The number of hydrogen-bond donors (Lipinski definition) is 2. The van der Waals surface area contributed by atoms with Gasteiger partial charge in [-0.05, 0) is 50.0 Å². The molecular formula is C15H25N3. The Morgan fingerprint density at radius 1 is 1.39 bits per heavy atom. The predicted molar refractivity (Wildman–Crippen MR) is 76.3 cm³/mol. The molecule has 100 valence electrons. The maximum Gasteiger partial charge on any atom is 0.0205 e. The van der Waals surface area contributed by atoms with Crippen LogP contribution in [0.2, 0.25) is 0 Å². The summed E-state index contributed by atoms with van der Waals surface area (Å²) in [5, 5.41) is 3.58. The average molecular weight is 247 g/mol. The average Bonchev–Trinajstić information content (AvgIpc) is 2.39. The summed E-state index contributed by atoms with van der Waals surface area (Å²) in [6.45, 7) is 5.19. The lowest BCUT2D eigenvalue weighted by molar-refractivity contribution is 0.206. The van der Waals surface area contributed by atoms with Gasteiger partial charge in [0.15, 0.2) is 0 Å². The number of piperidine rings is 1. The fraction of sp³-hybridized carbons (Fsp3) is 0.600. The minimum atomic E-state index is 0.626. The van der Waals surface area contributed by atoms with Crippen LogP contribution < -0.4 is 11.1 Å². The highest BCUT2D eigenvalue weighted by molar-refractivity contribution is 5.23. The van der Waals surface area contributed by atoms with Crippen LogP contribution in [0, 0.1) is 5.92 Å². The van der Waals surface area contributed by atoms with Crippen molar-refractivity contribution in [3.8, 4) is 0 Å². The highest BCUT2D eigenvalue weighted by Gasteiger charge is 2.16. The van der Waals surface area contributed by atoms with Gasteiger partial charge in [-0.2, -0.15) is 0 Å². The topological polar surface area (TPSA) is 41.3 Å². The summed E-state index contributed by atoms with van der Waals surface area (Å²) in [4.78, 5) is 2.44. The minimum Gasteiger partial charge on any atom is -0.326 e. The first kappa shape index (κ1) is 13.5. The quantitative estimate of drug-likeness (QED) is 0.830. The Morgan fingerprint density at radius 3 is 3.00 bits per heavy atom. The molecular weight excluding hydrogens is 222 g/mol. The Morgan fingerprint density at radius 2 is 2.22 bits per heavy atom. The van der Waals surface area contributed by atoms with Gasteiger partial charge in [0.05, 0.1) is 0 Å². The number of nitrogens with zero attached hydrogens (tertiary/aromatic N) is 1. The Labute approximate surface area is 110 Å². The van der Waals surface area contributed by atoms with E-state index in [1.165, 1.54) is 37.1 Å². The molecule has 0 saturated carbocycles. The molecule has 0 aromatic heterocycles. The Balaban J connectivity index is 1.74. The van der Waals surface area contributed by atoms with Gasteiger partial charge in [-0.25, -0.2) is 0 Å². The zero-order valence-corrected chi connectivity index (χ0v) is 11.4. The van der Waals surface area contributed by atoms with Crippen molar-refractivity contribution in [1.29, 1.82) is 0 Å². The van der Waals surface area contributed by atoms with Gasteiger partial charge in [0.25, 0.3) is 0 Å². The maximum atomic E-state index is 5.65. The van der Waals surface area contributed by atoms with Crippen molar-refractivity contribution in [2.75, 3.05) is 26.7 Å². The van der Waals surface area contributed by atoms with E-state index in [1.54, 1.807) is 0 Å². The van der Waals surface area contributed by atoms with Crippen LogP contribution in [0.15, 0.2) is 24.3 Å². The smallest absolute Gasteiger partial charge is 0.0205 e. The summed E-state index contributed by atoms with van der Waals surface area (Å²) in [7, 11) is 2.22. The lowest BCUT2D eigenvalue weighted by Gasteiger charge is -2.29. The molecule has 0 aliphatic carbocycles. The van der Waals surface area contributed by atoms with Gasteiger partial charge in [-0.15, -0.1) is 0 Å². The summed E-state index contributed by atoms with van der Waals surface area (Å²) >= 11 is 0. The lowest BCUT2D eigenvalue weighted by Crippen LogP contribution is -2.37. The molecule has 1 aliphatic heterocycles. The van der Waals surface area contributed by atoms with Crippen LogP contribution in [0.5, 0.6) is 0 Å². The standard InChI is InChI=1S/C15H25N3/c1-18-7-3-6-15(12-18)11-17-10-14-5-2-4-13(8-14)9-16/h2,4-5,8,15,17H,3,6-7,9-12,16H2,1H3. The largest absolute Gasteiger partial charge is 0.326 e. The molecule has 0 amide bonds. The van der Waals surface area contributed by atoms with E-state index < -0.39 is 0 Å². The zero-order valence-electron chi connectivity index (χ0n) is 11.4. The summed E-state index contributed by atoms with van der Waals surface area (Å²) in [6.07, 6.45) is 2.70. The molecule has 0 radical (unpaired) electrons. The van der Waals surface area contributed by atoms with Crippen molar-refractivity contribution in [3.63, 3.8) is 0 Å². The molecule has 1 fully saturated rings. The molecule has 0 spiro atoms. The summed E-state index contributed by atoms with van der Waals surface area (Å²) < 4.78 is 0. The van der Waals surface area contributed by atoms with Crippen molar-refractivity contribution in [1.82, 2.24) is 10.2 Å². The Hall–Kier alpha value is -0.900. The third-order valence-electron chi connectivity index (χ3n) is 3.71. The SMILES string of the molecule is CN1CCCC(CNCc2cccc(CN)c2)C1. The van der Waals surface area contributed by atoms with Crippen LogP contribution in [-0.2, 0) is 13.1 Å². The number of benzene rings is 1. The second-order valence-corrected chi connectivity index (χ2v) is 5.43. The third-order valence-corrected chi connectivity index (χ3v) is 3.71. The van der Waals surface area contributed by atoms with Gasteiger partial charge in [-0.1, -0.05) is 24.3 Å². The number of rotatable bonds is 5. The van der Waals surface area contributed by atoms with Gasteiger partial charge in [0.2, 0.25) is 0 Å². The molecule has 3 nitrogen and oxygen atoms in total. The van der Waals surface area contributed by atoms with Crippen molar-refractivity contribution in [2.24, 2.45) is 11.7 Å². The van der Waals surface area contributed by atoms with Gasteiger partial charge < -0.3 is 16.0 Å². The monoisotopic (exact) mass is 247 g/mol. The van der Waals surface area contributed by atoms with E-state index in [2.05, 4.69) is 41.5 Å². The summed E-state index contributed by atoms with van der Waals surface area (Å²) in [5.74, 6) is 0.807. The number of nitrogens with one attached hydrogen (secondary N) is 1. The van der Waals surface area contributed by atoms with E-state index >= 15 is 0 Å². The van der Waals surface area contributed by atoms with Crippen molar-refractivity contribution in [3.05, 3.63) is 35.4 Å². The molecule has 1 aromatic carbocycles. The second kappa shape index (κ2) is 6.88. The molecule has 1 aliphatic rings. The van der Waals surface area contributed by atoms with E-state index in [4.69, 9.17) is 5.73 Å². The predicted octanol–water partition coefficient (Wildman–Crippen LogP) is 1.58. The first-order valence-corrected chi connectivity index (χ1v) is 6.95. The number of nitrogens with two attached hydrogens (primary N) is 1. The fourth-order valence-electron chi connectivity index (χ4n) is 2.73. The summed E-state index contributed by atoms with van der Waals surface area (Å²) in [5.41, 5.74) is 8.20. The van der Waals surface area contributed by atoms with E-state index in [1.807, 2.05) is 0 Å². The fourth-order valence-corrected chi connectivity index (χ4v) is 2.73. The van der Waals surface area contributed by atoms with Gasteiger partial charge in [-0.3, -0.25) is 0 Å². The Kier molecular flexibility index (Phi) is 5.17. The van der Waals surface area contributed by atoms with Crippen LogP contribution in [0.3, 0.4) is 0 Å². The molecule has 1 atom stereocenters. The van der Waals surface area contributed by atoms with E-state index in [-0.39, 0.29) is 0 Å².